The molecule has 4 N–H and O–H groups in total. The van der Waals surface area contributed by atoms with Crippen LogP contribution in [0.3, 0.4) is 0 Å². The number of allylic oxidation sites excluding steroid dienone is 1. The van der Waals surface area contributed by atoms with Gasteiger partial charge in [-0.15, -0.1) is 0 Å². The smallest absolute Gasteiger partial charge is 0.138 e. The monoisotopic (exact) mass is 441 g/mol. The highest BCUT2D eigenvalue weighted by molar-refractivity contribution is 5.98. The lowest BCUT2D eigenvalue weighted by Gasteiger charge is -2.20. The van der Waals surface area contributed by atoms with Gasteiger partial charge < -0.3 is 16.4 Å². The van der Waals surface area contributed by atoms with E-state index in [2.05, 4.69) is 30.9 Å². The molecule has 6 rings (SSSR count). The van der Waals surface area contributed by atoms with Crippen LogP contribution in [0.15, 0.2) is 52.5 Å². The molecule has 0 radical (unpaired) electrons. The third-order valence-electron chi connectivity index (χ3n) is 5.94. The van der Waals surface area contributed by atoms with E-state index in [1.165, 1.54) is 18.4 Å². The Morgan fingerprint density at radius 2 is 1.97 bits per heavy atom. The fourth-order valence-corrected chi connectivity index (χ4v) is 4.17. The standard InChI is InChI=1S/C23H23N9O/c24-6-8-27-23-21-16(13-1-2-13)11-25-12-19(21)29-22(30-23)14-5-7-26-20(9-14)28-15-3-4-17-18(10-15)32-33-31-17/h3-5,7,10-14H,1-2,6,8-9,24H2,(H,26,28)(H,27,29,30). The minimum Gasteiger partial charge on any atom is -0.368 e. The second-order valence-corrected chi connectivity index (χ2v) is 8.36. The molecule has 33 heavy (non-hydrogen) atoms. The molecule has 0 amide bonds. The van der Waals surface area contributed by atoms with Crippen LogP contribution in [0.25, 0.3) is 21.9 Å². The number of hydrogen-bond donors (Lipinski definition) is 3. The molecular formula is C23H23N9O. The lowest BCUT2D eigenvalue weighted by atomic mass is 10.0. The summed E-state index contributed by atoms with van der Waals surface area (Å²) in [6.07, 6.45) is 10.6. The summed E-state index contributed by atoms with van der Waals surface area (Å²) in [6, 6.07) is 5.67. The molecule has 3 aromatic heterocycles. The van der Waals surface area contributed by atoms with Gasteiger partial charge in [-0.2, -0.15) is 0 Å². The van der Waals surface area contributed by atoms with E-state index >= 15 is 0 Å². The number of rotatable bonds is 6. The molecular weight excluding hydrogens is 418 g/mol. The molecule has 1 aromatic carbocycles. The summed E-state index contributed by atoms with van der Waals surface area (Å²) in [5.74, 6) is 2.92. The van der Waals surface area contributed by atoms with Gasteiger partial charge in [-0.3, -0.25) is 4.98 Å². The van der Waals surface area contributed by atoms with Crippen LogP contribution in [0, 0.1) is 0 Å². The van der Waals surface area contributed by atoms with E-state index in [4.69, 9.17) is 20.3 Å². The number of fused-ring (bicyclic) bond motifs is 2. The minimum atomic E-state index is -0.0187. The van der Waals surface area contributed by atoms with Crippen LogP contribution in [-0.2, 0) is 0 Å². The van der Waals surface area contributed by atoms with E-state index in [0.29, 0.717) is 36.5 Å². The van der Waals surface area contributed by atoms with E-state index in [0.717, 1.165) is 34.1 Å². The molecule has 0 bridgehead atoms. The summed E-state index contributed by atoms with van der Waals surface area (Å²) in [5, 5.41) is 15.6. The first-order chi connectivity index (χ1) is 16.3. The van der Waals surface area contributed by atoms with E-state index in [1.807, 2.05) is 36.7 Å². The number of amidine groups is 1. The number of nitrogens with zero attached hydrogens (tertiary/aromatic N) is 6. The van der Waals surface area contributed by atoms with Crippen molar-refractivity contribution in [2.75, 3.05) is 23.7 Å². The van der Waals surface area contributed by atoms with Crippen molar-refractivity contribution in [2.24, 2.45) is 10.7 Å². The first-order valence-electron chi connectivity index (χ1n) is 11.1. The Hall–Kier alpha value is -3.92. The van der Waals surface area contributed by atoms with E-state index in [-0.39, 0.29) is 5.92 Å². The Balaban J connectivity index is 1.30. The fraction of sp³-hybridized carbons (Fsp3) is 0.304. The SMILES string of the molecule is NCCNc1nc(C2C=CN=C(Nc3ccc4nonc4c3)C2)nc2cncc(C3CC3)c12. The number of benzene rings is 1. The Bertz CT molecular complexity index is 1390. The molecule has 2 aliphatic rings. The summed E-state index contributed by atoms with van der Waals surface area (Å²) in [5.41, 5.74) is 10.1. The molecule has 4 heterocycles. The molecule has 4 aromatic rings. The zero-order chi connectivity index (χ0) is 22.2. The normalized spacial score (nSPS) is 18.0. The first-order valence-corrected chi connectivity index (χ1v) is 11.1. The predicted octanol–water partition coefficient (Wildman–Crippen LogP) is 3.32. The molecule has 1 aliphatic heterocycles. The highest BCUT2D eigenvalue weighted by Gasteiger charge is 2.28. The molecule has 1 unspecified atom stereocenters. The quantitative estimate of drug-likeness (QED) is 0.411. The maximum Gasteiger partial charge on any atom is 0.138 e. The Morgan fingerprint density at radius 3 is 2.85 bits per heavy atom. The van der Waals surface area contributed by atoms with Crippen molar-refractivity contribution < 1.29 is 4.63 Å². The van der Waals surface area contributed by atoms with Crippen LogP contribution < -0.4 is 16.4 Å². The third kappa shape index (κ3) is 3.89. The number of aromatic nitrogens is 5. The van der Waals surface area contributed by atoms with Gasteiger partial charge in [0.05, 0.1) is 11.7 Å². The van der Waals surface area contributed by atoms with Crippen molar-refractivity contribution in [1.82, 2.24) is 25.3 Å². The van der Waals surface area contributed by atoms with Crippen LogP contribution in [0.2, 0.25) is 0 Å². The molecule has 10 nitrogen and oxygen atoms in total. The predicted molar refractivity (Wildman–Crippen MR) is 126 cm³/mol. The second kappa shape index (κ2) is 8.21. The summed E-state index contributed by atoms with van der Waals surface area (Å²) in [7, 11) is 0. The van der Waals surface area contributed by atoms with E-state index in [1.54, 1.807) is 6.20 Å². The molecule has 10 heteroatoms. The third-order valence-corrected chi connectivity index (χ3v) is 5.94. The van der Waals surface area contributed by atoms with Crippen molar-refractivity contribution >= 4 is 39.3 Å². The number of hydrogen-bond acceptors (Lipinski definition) is 10. The maximum atomic E-state index is 5.76. The van der Waals surface area contributed by atoms with Gasteiger partial charge in [0.15, 0.2) is 0 Å². The largest absolute Gasteiger partial charge is 0.368 e. The summed E-state index contributed by atoms with van der Waals surface area (Å²) in [6.45, 7) is 1.17. The van der Waals surface area contributed by atoms with Crippen molar-refractivity contribution in [3.63, 3.8) is 0 Å². The lowest BCUT2D eigenvalue weighted by Crippen LogP contribution is -2.20. The van der Waals surface area contributed by atoms with Gasteiger partial charge in [0.1, 0.15) is 28.5 Å². The number of aliphatic imine (C=N–C) groups is 1. The number of pyridine rings is 1. The Kier molecular flexibility index (Phi) is 4.91. The molecule has 1 saturated carbocycles. The van der Waals surface area contributed by atoms with Crippen LogP contribution in [-0.4, -0.2) is 44.2 Å². The average molecular weight is 441 g/mol. The van der Waals surface area contributed by atoms with Crippen molar-refractivity contribution in [1.29, 1.82) is 0 Å². The van der Waals surface area contributed by atoms with Gasteiger partial charge in [0, 0.05) is 48.9 Å². The number of nitrogens with two attached hydrogens (primary N) is 1. The summed E-state index contributed by atoms with van der Waals surface area (Å²) < 4.78 is 4.78. The Labute approximate surface area is 189 Å². The second-order valence-electron chi connectivity index (χ2n) is 8.36. The van der Waals surface area contributed by atoms with Gasteiger partial charge in [-0.25, -0.2) is 19.6 Å². The lowest BCUT2D eigenvalue weighted by molar-refractivity contribution is 0.315. The number of anilines is 2. The minimum absolute atomic E-state index is 0.0187. The molecule has 166 valence electrons. The van der Waals surface area contributed by atoms with Crippen molar-refractivity contribution in [2.45, 2.75) is 31.1 Å². The summed E-state index contributed by atoms with van der Waals surface area (Å²) >= 11 is 0. The molecule has 1 aliphatic carbocycles. The van der Waals surface area contributed by atoms with Gasteiger partial charge in [-0.1, -0.05) is 6.08 Å². The van der Waals surface area contributed by atoms with Gasteiger partial charge in [0.25, 0.3) is 0 Å². The van der Waals surface area contributed by atoms with Crippen LogP contribution in [0.4, 0.5) is 11.5 Å². The highest BCUT2D eigenvalue weighted by Crippen LogP contribution is 2.44. The maximum absolute atomic E-state index is 5.76. The van der Waals surface area contributed by atoms with Crippen molar-refractivity contribution in [3.05, 3.63) is 54.3 Å². The Morgan fingerprint density at radius 1 is 1.06 bits per heavy atom. The fourth-order valence-electron chi connectivity index (χ4n) is 4.17. The highest BCUT2D eigenvalue weighted by atomic mass is 16.6. The molecule has 1 atom stereocenters. The molecule has 0 saturated heterocycles. The van der Waals surface area contributed by atoms with E-state index in [9.17, 15) is 0 Å². The van der Waals surface area contributed by atoms with Gasteiger partial charge in [-0.05, 0) is 52.8 Å². The average Bonchev–Trinajstić information content (AvgIpc) is 3.59. The van der Waals surface area contributed by atoms with Crippen LogP contribution >= 0.6 is 0 Å². The molecule has 1 fully saturated rings. The van der Waals surface area contributed by atoms with Crippen LogP contribution in [0.5, 0.6) is 0 Å². The topological polar surface area (TPSA) is 140 Å². The molecule has 0 spiro atoms. The zero-order valence-electron chi connectivity index (χ0n) is 17.9. The van der Waals surface area contributed by atoms with Gasteiger partial charge >= 0.3 is 0 Å². The number of nitrogens with one attached hydrogen (secondary N) is 2. The zero-order valence-corrected chi connectivity index (χ0v) is 17.9. The van der Waals surface area contributed by atoms with Crippen molar-refractivity contribution in [3.8, 4) is 0 Å². The van der Waals surface area contributed by atoms with Gasteiger partial charge in [0.2, 0.25) is 0 Å². The first kappa shape index (κ1) is 19.7. The van der Waals surface area contributed by atoms with Crippen LogP contribution in [0.1, 0.15) is 42.5 Å². The summed E-state index contributed by atoms with van der Waals surface area (Å²) in [4.78, 5) is 18.8. The van der Waals surface area contributed by atoms with E-state index < -0.39 is 0 Å².